The Morgan fingerprint density at radius 1 is 1.21 bits per heavy atom. The van der Waals surface area contributed by atoms with Crippen molar-refractivity contribution >= 4 is 23.5 Å². The first-order valence-electron chi connectivity index (χ1n) is 5.62. The summed E-state index contributed by atoms with van der Waals surface area (Å²) in [6.07, 6.45) is 1.63. The third kappa shape index (κ3) is 4.18. The molecule has 1 aromatic carbocycles. The number of rotatable bonds is 5. The Morgan fingerprint density at radius 3 is 2.74 bits per heavy atom. The normalized spacial score (nSPS) is 9.89. The number of carbonyl (C=O) groups excluding carboxylic acids is 1. The molecule has 0 aliphatic rings. The molecule has 5 nitrogen and oxygen atoms in total. The molecule has 1 heterocycles. The summed E-state index contributed by atoms with van der Waals surface area (Å²) in [5.74, 6) is 0.762. The lowest BCUT2D eigenvalue weighted by atomic mass is 10.3. The first-order chi connectivity index (χ1) is 9.25. The molecule has 3 N–H and O–H groups in total. The second-order valence-corrected chi connectivity index (χ2v) is 4.66. The average molecular weight is 275 g/mol. The van der Waals surface area contributed by atoms with Crippen LogP contribution in [0.2, 0.25) is 0 Å². The van der Waals surface area contributed by atoms with Crippen molar-refractivity contribution in [3.05, 3.63) is 48.7 Å². The molecule has 2 aromatic rings. The highest BCUT2D eigenvalue weighted by atomic mass is 32.2. The number of pyridine rings is 1. The Balaban J connectivity index is 1.78. The van der Waals surface area contributed by atoms with E-state index in [1.165, 1.54) is 11.8 Å². The second kappa shape index (κ2) is 6.65. The standard InChI is InChI=1S/C13H13N3O2S/c17-10-5-1-2-6-11(10)19-9-13(18)16-15-12-7-3-4-8-14-12/h1-8,17H,9H2,(H,14,15)(H,16,18). The molecule has 0 saturated heterocycles. The van der Waals surface area contributed by atoms with Crippen LogP contribution in [0.3, 0.4) is 0 Å². The SMILES string of the molecule is O=C(CSc1ccccc1O)NNc1ccccn1. The summed E-state index contributed by atoms with van der Waals surface area (Å²) in [5, 5.41) is 9.55. The summed E-state index contributed by atoms with van der Waals surface area (Å²) in [7, 11) is 0. The van der Waals surface area contributed by atoms with E-state index in [0.717, 1.165) is 0 Å². The van der Waals surface area contributed by atoms with Crippen LogP contribution in [-0.2, 0) is 4.79 Å². The van der Waals surface area contributed by atoms with E-state index in [-0.39, 0.29) is 17.4 Å². The number of amides is 1. The van der Waals surface area contributed by atoms with Gasteiger partial charge in [-0.2, -0.15) is 0 Å². The number of hydrogen-bond acceptors (Lipinski definition) is 5. The minimum Gasteiger partial charge on any atom is -0.507 e. The van der Waals surface area contributed by atoms with E-state index < -0.39 is 0 Å². The molecule has 0 aliphatic heterocycles. The van der Waals surface area contributed by atoms with E-state index >= 15 is 0 Å². The molecule has 0 unspecified atom stereocenters. The van der Waals surface area contributed by atoms with Crippen LogP contribution in [0.4, 0.5) is 5.82 Å². The number of phenols is 1. The minimum atomic E-state index is -0.195. The molecular weight excluding hydrogens is 262 g/mol. The van der Waals surface area contributed by atoms with Gasteiger partial charge in [-0.1, -0.05) is 18.2 Å². The lowest BCUT2D eigenvalue weighted by Gasteiger charge is -2.07. The highest BCUT2D eigenvalue weighted by Crippen LogP contribution is 2.27. The Kier molecular flexibility index (Phi) is 4.63. The van der Waals surface area contributed by atoms with E-state index in [2.05, 4.69) is 15.8 Å². The molecule has 1 aromatic heterocycles. The fourth-order valence-corrected chi connectivity index (χ4v) is 2.08. The van der Waals surface area contributed by atoms with Crippen molar-refractivity contribution in [3.63, 3.8) is 0 Å². The van der Waals surface area contributed by atoms with Gasteiger partial charge in [-0.25, -0.2) is 4.98 Å². The number of nitrogens with one attached hydrogen (secondary N) is 2. The lowest BCUT2D eigenvalue weighted by Crippen LogP contribution is -2.31. The zero-order valence-corrected chi connectivity index (χ0v) is 10.9. The summed E-state index contributed by atoms with van der Waals surface area (Å²) in [6, 6.07) is 12.3. The van der Waals surface area contributed by atoms with Crippen molar-refractivity contribution in [2.45, 2.75) is 4.90 Å². The highest BCUT2D eigenvalue weighted by Gasteiger charge is 2.05. The van der Waals surface area contributed by atoms with Gasteiger partial charge in [0.05, 0.1) is 5.75 Å². The third-order valence-electron chi connectivity index (χ3n) is 2.22. The maximum atomic E-state index is 11.6. The van der Waals surface area contributed by atoms with Gasteiger partial charge in [0.25, 0.3) is 0 Å². The van der Waals surface area contributed by atoms with Gasteiger partial charge < -0.3 is 5.11 Å². The van der Waals surface area contributed by atoms with Gasteiger partial charge in [-0.05, 0) is 24.3 Å². The molecule has 19 heavy (non-hydrogen) atoms. The van der Waals surface area contributed by atoms with Gasteiger partial charge in [0, 0.05) is 11.1 Å². The van der Waals surface area contributed by atoms with Crippen LogP contribution in [0, 0.1) is 0 Å². The van der Waals surface area contributed by atoms with Crippen LogP contribution >= 0.6 is 11.8 Å². The van der Waals surface area contributed by atoms with Crippen molar-refractivity contribution in [3.8, 4) is 5.75 Å². The van der Waals surface area contributed by atoms with Crippen molar-refractivity contribution in [1.82, 2.24) is 10.4 Å². The van der Waals surface area contributed by atoms with E-state index in [1.54, 1.807) is 36.5 Å². The number of hydrazine groups is 1. The zero-order valence-electron chi connectivity index (χ0n) is 10.0. The minimum absolute atomic E-state index is 0.179. The van der Waals surface area contributed by atoms with Crippen LogP contribution in [0.15, 0.2) is 53.6 Å². The fourth-order valence-electron chi connectivity index (χ4n) is 1.33. The van der Waals surface area contributed by atoms with Crippen LogP contribution in [0.5, 0.6) is 5.75 Å². The molecule has 1 amide bonds. The van der Waals surface area contributed by atoms with E-state index in [0.29, 0.717) is 10.7 Å². The molecule has 2 rings (SSSR count). The van der Waals surface area contributed by atoms with E-state index in [9.17, 15) is 9.90 Å². The fraction of sp³-hybridized carbons (Fsp3) is 0.0769. The number of aromatic hydroxyl groups is 1. The number of nitrogens with zero attached hydrogens (tertiary/aromatic N) is 1. The maximum Gasteiger partial charge on any atom is 0.248 e. The van der Waals surface area contributed by atoms with Gasteiger partial charge in [0.2, 0.25) is 5.91 Å². The molecule has 0 fully saturated rings. The first kappa shape index (κ1) is 13.2. The number of carbonyl (C=O) groups is 1. The molecule has 98 valence electrons. The van der Waals surface area contributed by atoms with Crippen molar-refractivity contribution < 1.29 is 9.90 Å². The van der Waals surface area contributed by atoms with Crippen LogP contribution in [0.25, 0.3) is 0 Å². The maximum absolute atomic E-state index is 11.6. The first-order valence-corrected chi connectivity index (χ1v) is 6.61. The van der Waals surface area contributed by atoms with Crippen molar-refractivity contribution in [2.24, 2.45) is 0 Å². The predicted molar refractivity (Wildman–Crippen MR) is 74.8 cm³/mol. The Bertz CT molecular complexity index is 549. The average Bonchev–Trinajstić information content (AvgIpc) is 2.45. The number of phenolic OH excluding ortho intramolecular Hbond substituents is 1. The number of anilines is 1. The third-order valence-corrected chi connectivity index (χ3v) is 3.28. The molecule has 6 heteroatoms. The Labute approximate surface area is 115 Å². The number of hydrogen-bond donors (Lipinski definition) is 3. The predicted octanol–water partition coefficient (Wildman–Crippen LogP) is 2.02. The molecule has 0 saturated carbocycles. The van der Waals surface area contributed by atoms with Crippen LogP contribution in [0.1, 0.15) is 0 Å². The Morgan fingerprint density at radius 2 is 2.00 bits per heavy atom. The molecule has 0 bridgehead atoms. The number of aromatic nitrogens is 1. The molecule has 0 spiro atoms. The van der Waals surface area contributed by atoms with E-state index in [4.69, 9.17) is 0 Å². The van der Waals surface area contributed by atoms with Crippen LogP contribution in [-0.4, -0.2) is 21.8 Å². The molecule has 0 atom stereocenters. The summed E-state index contributed by atoms with van der Waals surface area (Å²) < 4.78 is 0. The second-order valence-electron chi connectivity index (χ2n) is 3.64. The van der Waals surface area contributed by atoms with Crippen molar-refractivity contribution in [1.29, 1.82) is 0 Å². The molecular formula is C13H13N3O2S. The van der Waals surface area contributed by atoms with Gasteiger partial charge in [-0.15, -0.1) is 11.8 Å². The quantitative estimate of drug-likeness (QED) is 0.575. The topological polar surface area (TPSA) is 74.2 Å². The summed E-state index contributed by atoms with van der Waals surface area (Å²) in [4.78, 5) is 16.3. The molecule has 0 radical (unpaired) electrons. The summed E-state index contributed by atoms with van der Waals surface area (Å²) >= 11 is 1.27. The number of thioether (sulfide) groups is 1. The van der Waals surface area contributed by atoms with Crippen molar-refractivity contribution in [2.75, 3.05) is 11.2 Å². The Hall–Kier alpha value is -2.21. The van der Waals surface area contributed by atoms with Crippen LogP contribution < -0.4 is 10.9 Å². The summed E-state index contributed by atoms with van der Waals surface area (Å²) in [5.41, 5.74) is 5.24. The number of para-hydroxylation sites is 1. The largest absolute Gasteiger partial charge is 0.507 e. The van der Waals surface area contributed by atoms with Gasteiger partial charge in [0.15, 0.2) is 0 Å². The van der Waals surface area contributed by atoms with Gasteiger partial charge in [-0.3, -0.25) is 15.6 Å². The summed E-state index contributed by atoms with van der Waals surface area (Å²) in [6.45, 7) is 0. The number of benzene rings is 1. The van der Waals surface area contributed by atoms with Gasteiger partial charge >= 0.3 is 0 Å². The monoisotopic (exact) mass is 275 g/mol. The molecule has 0 aliphatic carbocycles. The van der Waals surface area contributed by atoms with Gasteiger partial charge in [0.1, 0.15) is 11.6 Å². The smallest absolute Gasteiger partial charge is 0.248 e. The lowest BCUT2D eigenvalue weighted by molar-refractivity contribution is -0.118. The zero-order chi connectivity index (χ0) is 13.5. The van der Waals surface area contributed by atoms with E-state index in [1.807, 2.05) is 12.1 Å². The highest BCUT2D eigenvalue weighted by molar-refractivity contribution is 8.00.